The van der Waals surface area contributed by atoms with Crippen molar-refractivity contribution in [1.82, 2.24) is 5.32 Å². The largest absolute Gasteiger partial charge is 0.466 e. The second-order valence-electron chi connectivity index (χ2n) is 4.79. The lowest BCUT2D eigenvalue weighted by Gasteiger charge is -2.08. The quantitative estimate of drug-likeness (QED) is 0.835. The molecule has 1 aromatic carbocycles. The first-order valence-electron chi connectivity index (χ1n) is 6.85. The maximum Gasteiger partial charge on any atom is 0.334 e. The zero-order valence-corrected chi connectivity index (χ0v) is 11.6. The van der Waals surface area contributed by atoms with Gasteiger partial charge in [0.1, 0.15) is 0 Å². The van der Waals surface area contributed by atoms with Gasteiger partial charge < -0.3 is 10.1 Å². The molecule has 1 aromatic rings. The Morgan fingerprint density at radius 3 is 2.55 bits per heavy atom. The van der Waals surface area contributed by atoms with E-state index in [0.29, 0.717) is 30.5 Å². The standard InChI is InChI=1S/C16H19NO3/c1-20-16(19)14-9-5-8-13(14)15(18)17-11-10-12-6-3-2-4-7-12/h2-4,6-7H,5,8-11H2,1H3,(H,17,18). The molecule has 2 rings (SSSR count). The van der Waals surface area contributed by atoms with E-state index in [0.717, 1.165) is 12.8 Å². The van der Waals surface area contributed by atoms with Crippen LogP contribution in [0.2, 0.25) is 0 Å². The molecule has 0 atom stereocenters. The molecule has 1 aliphatic rings. The lowest BCUT2D eigenvalue weighted by Crippen LogP contribution is -2.28. The summed E-state index contributed by atoms with van der Waals surface area (Å²) in [6, 6.07) is 9.98. The van der Waals surface area contributed by atoms with E-state index >= 15 is 0 Å². The topological polar surface area (TPSA) is 55.4 Å². The number of hydrogen-bond donors (Lipinski definition) is 1. The number of carbonyl (C=O) groups excluding carboxylic acids is 2. The fourth-order valence-corrected chi connectivity index (χ4v) is 2.41. The fraction of sp³-hybridized carbons (Fsp3) is 0.375. The molecule has 106 valence electrons. The number of hydrogen-bond acceptors (Lipinski definition) is 3. The molecular formula is C16H19NO3. The first-order valence-corrected chi connectivity index (χ1v) is 6.85. The summed E-state index contributed by atoms with van der Waals surface area (Å²) in [4.78, 5) is 23.7. The zero-order valence-electron chi connectivity index (χ0n) is 11.6. The van der Waals surface area contributed by atoms with E-state index in [1.54, 1.807) is 0 Å². The molecule has 1 N–H and O–H groups in total. The molecule has 20 heavy (non-hydrogen) atoms. The summed E-state index contributed by atoms with van der Waals surface area (Å²) in [5.41, 5.74) is 2.30. The molecule has 4 heteroatoms. The van der Waals surface area contributed by atoms with Crippen LogP contribution in [0.4, 0.5) is 0 Å². The summed E-state index contributed by atoms with van der Waals surface area (Å²) in [6.45, 7) is 0.570. The molecule has 0 heterocycles. The summed E-state index contributed by atoms with van der Waals surface area (Å²) < 4.78 is 4.71. The van der Waals surface area contributed by atoms with Crippen LogP contribution in [0.5, 0.6) is 0 Å². The van der Waals surface area contributed by atoms with Gasteiger partial charge in [0.25, 0.3) is 0 Å². The van der Waals surface area contributed by atoms with Gasteiger partial charge in [-0.3, -0.25) is 4.79 Å². The van der Waals surface area contributed by atoms with Crippen molar-refractivity contribution in [1.29, 1.82) is 0 Å². The molecule has 0 unspecified atom stereocenters. The minimum Gasteiger partial charge on any atom is -0.466 e. The molecule has 4 nitrogen and oxygen atoms in total. The van der Waals surface area contributed by atoms with Gasteiger partial charge in [-0.05, 0) is 31.2 Å². The van der Waals surface area contributed by atoms with Gasteiger partial charge in [-0.2, -0.15) is 0 Å². The van der Waals surface area contributed by atoms with Crippen molar-refractivity contribution < 1.29 is 14.3 Å². The van der Waals surface area contributed by atoms with Crippen LogP contribution in [-0.2, 0) is 20.7 Å². The number of nitrogens with one attached hydrogen (secondary N) is 1. The first kappa shape index (κ1) is 14.3. The minimum atomic E-state index is -0.379. The highest BCUT2D eigenvalue weighted by atomic mass is 16.5. The van der Waals surface area contributed by atoms with Gasteiger partial charge in [-0.15, -0.1) is 0 Å². The molecule has 0 aliphatic heterocycles. The van der Waals surface area contributed by atoms with Crippen LogP contribution in [0, 0.1) is 0 Å². The van der Waals surface area contributed by atoms with Crippen molar-refractivity contribution >= 4 is 11.9 Å². The lowest BCUT2D eigenvalue weighted by atomic mass is 10.1. The van der Waals surface area contributed by atoms with Crippen molar-refractivity contribution in [3.63, 3.8) is 0 Å². The maximum atomic E-state index is 12.1. The Kier molecular flexibility index (Phi) is 4.93. The average molecular weight is 273 g/mol. The first-order chi connectivity index (χ1) is 9.72. The van der Waals surface area contributed by atoms with E-state index in [-0.39, 0.29) is 11.9 Å². The van der Waals surface area contributed by atoms with E-state index in [1.807, 2.05) is 30.3 Å². The summed E-state index contributed by atoms with van der Waals surface area (Å²) in [6.07, 6.45) is 2.91. The summed E-state index contributed by atoms with van der Waals surface area (Å²) in [5, 5.41) is 2.88. The maximum absolute atomic E-state index is 12.1. The van der Waals surface area contributed by atoms with E-state index in [4.69, 9.17) is 4.74 Å². The summed E-state index contributed by atoms with van der Waals surface area (Å²) in [5.74, 6) is -0.519. The number of esters is 1. The molecule has 0 aromatic heterocycles. The molecule has 0 saturated carbocycles. The van der Waals surface area contributed by atoms with E-state index in [1.165, 1.54) is 12.7 Å². The van der Waals surface area contributed by atoms with Crippen LogP contribution >= 0.6 is 0 Å². The second kappa shape index (κ2) is 6.89. The normalized spacial score (nSPS) is 14.2. The molecule has 0 spiro atoms. The molecule has 0 fully saturated rings. The van der Waals surface area contributed by atoms with Crippen molar-refractivity contribution in [3.8, 4) is 0 Å². The minimum absolute atomic E-state index is 0.140. The Morgan fingerprint density at radius 2 is 1.85 bits per heavy atom. The van der Waals surface area contributed by atoms with Crippen LogP contribution in [0.3, 0.4) is 0 Å². The van der Waals surface area contributed by atoms with Crippen LogP contribution < -0.4 is 5.32 Å². The highest BCUT2D eigenvalue weighted by Crippen LogP contribution is 2.26. The number of rotatable bonds is 5. The number of ether oxygens (including phenoxy) is 1. The van der Waals surface area contributed by atoms with Crippen LogP contribution in [0.25, 0.3) is 0 Å². The van der Waals surface area contributed by atoms with Gasteiger partial charge in [-0.1, -0.05) is 30.3 Å². The van der Waals surface area contributed by atoms with Gasteiger partial charge in [0, 0.05) is 17.7 Å². The summed E-state index contributed by atoms with van der Waals surface area (Å²) in [7, 11) is 1.35. The third kappa shape index (κ3) is 3.47. The van der Waals surface area contributed by atoms with Crippen molar-refractivity contribution in [2.45, 2.75) is 25.7 Å². The number of carbonyl (C=O) groups is 2. The highest BCUT2D eigenvalue weighted by Gasteiger charge is 2.25. The second-order valence-corrected chi connectivity index (χ2v) is 4.79. The summed E-state index contributed by atoms with van der Waals surface area (Å²) >= 11 is 0. The molecular weight excluding hydrogens is 254 g/mol. The Bertz CT molecular complexity index is 520. The Labute approximate surface area is 118 Å². The third-order valence-electron chi connectivity index (χ3n) is 3.47. The predicted octanol–water partition coefficient (Wildman–Crippen LogP) is 2.00. The van der Waals surface area contributed by atoms with Crippen LogP contribution in [0.1, 0.15) is 24.8 Å². The van der Waals surface area contributed by atoms with Crippen molar-refractivity contribution in [2.24, 2.45) is 0 Å². The number of benzene rings is 1. The third-order valence-corrected chi connectivity index (χ3v) is 3.47. The average Bonchev–Trinajstić information content (AvgIpc) is 2.97. The van der Waals surface area contributed by atoms with Gasteiger partial charge in [0.15, 0.2) is 0 Å². The number of methoxy groups -OCH3 is 1. The Balaban J connectivity index is 1.90. The van der Waals surface area contributed by atoms with Crippen molar-refractivity contribution in [3.05, 3.63) is 47.0 Å². The van der Waals surface area contributed by atoms with Gasteiger partial charge >= 0.3 is 5.97 Å². The van der Waals surface area contributed by atoms with Gasteiger partial charge in [0.2, 0.25) is 5.91 Å². The predicted molar refractivity (Wildman–Crippen MR) is 76.0 cm³/mol. The van der Waals surface area contributed by atoms with Crippen molar-refractivity contribution in [2.75, 3.05) is 13.7 Å². The SMILES string of the molecule is COC(=O)C1=C(C(=O)NCCc2ccccc2)CCC1. The Hall–Kier alpha value is -2.10. The Morgan fingerprint density at radius 1 is 1.15 bits per heavy atom. The smallest absolute Gasteiger partial charge is 0.334 e. The molecule has 0 saturated heterocycles. The molecule has 1 aliphatic carbocycles. The van der Waals surface area contributed by atoms with E-state index < -0.39 is 0 Å². The molecule has 1 amide bonds. The van der Waals surface area contributed by atoms with E-state index in [2.05, 4.69) is 5.32 Å². The zero-order chi connectivity index (χ0) is 14.4. The van der Waals surface area contributed by atoms with Crippen LogP contribution in [0.15, 0.2) is 41.5 Å². The van der Waals surface area contributed by atoms with E-state index in [9.17, 15) is 9.59 Å². The molecule has 0 radical (unpaired) electrons. The highest BCUT2D eigenvalue weighted by molar-refractivity contribution is 6.03. The monoisotopic (exact) mass is 273 g/mol. The number of amides is 1. The van der Waals surface area contributed by atoms with Gasteiger partial charge in [0.05, 0.1) is 7.11 Å². The fourth-order valence-electron chi connectivity index (χ4n) is 2.41. The lowest BCUT2D eigenvalue weighted by molar-refractivity contribution is -0.136. The van der Waals surface area contributed by atoms with Gasteiger partial charge in [-0.25, -0.2) is 4.79 Å². The molecule has 0 bridgehead atoms. The van der Waals surface area contributed by atoms with Crippen LogP contribution in [-0.4, -0.2) is 25.5 Å².